The number of carbonyl (C=O) groups excluding carboxylic acids is 1. The van der Waals surface area contributed by atoms with E-state index in [-0.39, 0.29) is 34.6 Å². The van der Waals surface area contributed by atoms with Gasteiger partial charge in [0, 0.05) is 17.2 Å². The number of benzene rings is 1. The van der Waals surface area contributed by atoms with Gasteiger partial charge in [0.05, 0.1) is 17.6 Å². The number of hydrogen-bond donors (Lipinski definition) is 0. The van der Waals surface area contributed by atoms with Crippen molar-refractivity contribution in [1.82, 2.24) is 0 Å². The summed E-state index contributed by atoms with van der Waals surface area (Å²) in [4.78, 5) is 10.8. The second-order valence-corrected chi connectivity index (χ2v) is 3.67. The summed E-state index contributed by atoms with van der Waals surface area (Å²) in [5, 5.41) is 10.5. The molecule has 1 heterocycles. The standard InChI is InChI=1S/C10H8ClFO3.Na/c11-6-4-7-5(2-1-3-15-7)8(9(6)12)10(13)14;/h4H,1-3H2,(H,13,14);/q;+1/p-1. The SMILES string of the molecule is O=C([O-])c1c(F)c(Cl)cc2c1CCCO2.[Na+]. The summed E-state index contributed by atoms with van der Waals surface area (Å²) >= 11 is 5.55. The molecule has 0 N–H and O–H groups in total. The average molecular weight is 253 g/mol. The number of fused-ring (bicyclic) bond motifs is 1. The second-order valence-electron chi connectivity index (χ2n) is 3.26. The molecule has 0 amide bonds. The van der Waals surface area contributed by atoms with Crippen molar-refractivity contribution in [3.63, 3.8) is 0 Å². The van der Waals surface area contributed by atoms with E-state index in [1.54, 1.807) is 0 Å². The molecule has 3 nitrogen and oxygen atoms in total. The van der Waals surface area contributed by atoms with Crippen LogP contribution in [0.5, 0.6) is 5.75 Å². The molecular formula is C10H7ClFNaO3. The third-order valence-corrected chi connectivity index (χ3v) is 2.59. The van der Waals surface area contributed by atoms with Gasteiger partial charge in [0.25, 0.3) is 0 Å². The number of carboxylic acid groups (broad SMARTS) is 1. The van der Waals surface area contributed by atoms with Crippen molar-refractivity contribution >= 4 is 17.6 Å². The largest absolute Gasteiger partial charge is 1.00 e. The summed E-state index contributed by atoms with van der Waals surface area (Å²) in [5.74, 6) is -2.16. The Morgan fingerprint density at radius 2 is 2.25 bits per heavy atom. The minimum Gasteiger partial charge on any atom is -0.545 e. The molecule has 6 heteroatoms. The summed E-state index contributed by atoms with van der Waals surface area (Å²) in [6, 6.07) is 1.30. The van der Waals surface area contributed by atoms with Crippen LogP contribution < -0.4 is 39.4 Å². The topological polar surface area (TPSA) is 49.4 Å². The number of carboxylic acids is 1. The molecule has 1 aromatic carbocycles. The molecular weight excluding hydrogens is 246 g/mol. The zero-order valence-corrected chi connectivity index (χ0v) is 11.4. The van der Waals surface area contributed by atoms with E-state index in [4.69, 9.17) is 16.3 Å². The Balaban J connectivity index is 0.00000128. The van der Waals surface area contributed by atoms with E-state index in [1.165, 1.54) is 6.07 Å². The van der Waals surface area contributed by atoms with Gasteiger partial charge in [-0.3, -0.25) is 0 Å². The average Bonchev–Trinajstić information content (AvgIpc) is 2.19. The maximum absolute atomic E-state index is 13.4. The first-order valence-electron chi connectivity index (χ1n) is 4.46. The monoisotopic (exact) mass is 252 g/mol. The maximum Gasteiger partial charge on any atom is 1.00 e. The van der Waals surface area contributed by atoms with Crippen molar-refractivity contribution < 1.29 is 48.6 Å². The molecule has 0 atom stereocenters. The number of hydrogen-bond acceptors (Lipinski definition) is 3. The van der Waals surface area contributed by atoms with Crippen molar-refractivity contribution in [2.24, 2.45) is 0 Å². The number of rotatable bonds is 1. The van der Waals surface area contributed by atoms with Gasteiger partial charge in [0.15, 0.2) is 5.82 Å². The first-order valence-corrected chi connectivity index (χ1v) is 4.84. The van der Waals surface area contributed by atoms with Crippen LogP contribution in [0.15, 0.2) is 6.07 Å². The fraction of sp³-hybridized carbons (Fsp3) is 0.300. The first kappa shape index (κ1) is 13.8. The molecule has 80 valence electrons. The van der Waals surface area contributed by atoms with Crippen molar-refractivity contribution in [1.29, 1.82) is 0 Å². The van der Waals surface area contributed by atoms with Crippen molar-refractivity contribution in [2.45, 2.75) is 12.8 Å². The van der Waals surface area contributed by atoms with Crippen molar-refractivity contribution in [3.8, 4) is 5.75 Å². The van der Waals surface area contributed by atoms with Crippen LogP contribution >= 0.6 is 11.6 Å². The Bertz CT molecular complexity index is 437. The molecule has 1 aliphatic heterocycles. The zero-order chi connectivity index (χ0) is 11.0. The van der Waals surface area contributed by atoms with Crippen LogP contribution in [0.2, 0.25) is 5.02 Å². The molecule has 0 saturated carbocycles. The Morgan fingerprint density at radius 1 is 1.56 bits per heavy atom. The first-order chi connectivity index (χ1) is 7.11. The van der Waals surface area contributed by atoms with Crippen molar-refractivity contribution in [3.05, 3.63) is 28.0 Å². The van der Waals surface area contributed by atoms with Gasteiger partial charge in [0.2, 0.25) is 0 Å². The fourth-order valence-corrected chi connectivity index (χ4v) is 1.86. The smallest absolute Gasteiger partial charge is 0.545 e. The van der Waals surface area contributed by atoms with Crippen LogP contribution in [0, 0.1) is 5.82 Å². The molecule has 0 spiro atoms. The number of aromatic carboxylic acids is 1. The van der Waals surface area contributed by atoms with Gasteiger partial charge in [-0.25, -0.2) is 4.39 Å². The maximum atomic E-state index is 13.4. The van der Waals surface area contributed by atoms with Crippen molar-refractivity contribution in [2.75, 3.05) is 6.61 Å². The number of halogens is 2. The van der Waals surface area contributed by atoms with Gasteiger partial charge >= 0.3 is 29.6 Å². The fourth-order valence-electron chi connectivity index (χ4n) is 1.66. The van der Waals surface area contributed by atoms with E-state index < -0.39 is 17.3 Å². The van der Waals surface area contributed by atoms with Crippen LogP contribution in [-0.2, 0) is 6.42 Å². The molecule has 0 radical (unpaired) electrons. The molecule has 2 rings (SSSR count). The van der Waals surface area contributed by atoms with Gasteiger partial charge in [-0.2, -0.15) is 0 Å². The van der Waals surface area contributed by atoms with Crippen LogP contribution in [0.25, 0.3) is 0 Å². The summed E-state index contributed by atoms with van der Waals surface area (Å²) in [5.41, 5.74) is -0.139. The van der Waals surface area contributed by atoms with Gasteiger partial charge in [0.1, 0.15) is 5.75 Å². The predicted octanol–water partition coefficient (Wildman–Crippen LogP) is -1.83. The molecule has 0 fully saturated rings. The van der Waals surface area contributed by atoms with Gasteiger partial charge < -0.3 is 14.6 Å². The zero-order valence-electron chi connectivity index (χ0n) is 8.68. The van der Waals surface area contributed by atoms with Gasteiger partial charge in [-0.05, 0) is 12.8 Å². The quantitative estimate of drug-likeness (QED) is 0.553. The Kier molecular flexibility index (Phi) is 4.62. The van der Waals surface area contributed by atoms with Crippen LogP contribution in [0.3, 0.4) is 0 Å². The normalized spacial score (nSPS) is 13.4. The minimum absolute atomic E-state index is 0. The summed E-state index contributed by atoms with van der Waals surface area (Å²) in [6.45, 7) is 0.488. The summed E-state index contributed by atoms with van der Waals surface area (Å²) in [7, 11) is 0. The summed E-state index contributed by atoms with van der Waals surface area (Å²) < 4.78 is 18.6. The Labute approximate surface area is 119 Å². The molecule has 0 aliphatic carbocycles. The van der Waals surface area contributed by atoms with E-state index in [1.807, 2.05) is 0 Å². The van der Waals surface area contributed by atoms with E-state index in [0.717, 1.165) is 0 Å². The Hall–Kier alpha value is -0.290. The summed E-state index contributed by atoms with van der Waals surface area (Å²) in [6.07, 6.45) is 1.13. The Morgan fingerprint density at radius 3 is 2.88 bits per heavy atom. The predicted molar refractivity (Wildman–Crippen MR) is 49.6 cm³/mol. The van der Waals surface area contributed by atoms with Crippen LogP contribution in [0.1, 0.15) is 22.3 Å². The third kappa shape index (κ3) is 2.35. The minimum atomic E-state index is -1.56. The number of ether oxygens (including phenoxy) is 1. The molecule has 0 bridgehead atoms. The number of carbonyl (C=O) groups is 1. The van der Waals surface area contributed by atoms with Crippen LogP contribution in [-0.4, -0.2) is 12.6 Å². The molecule has 0 unspecified atom stereocenters. The van der Waals surface area contributed by atoms with Gasteiger partial charge in [-0.15, -0.1) is 0 Å². The van der Waals surface area contributed by atoms with Crippen LogP contribution in [0.4, 0.5) is 4.39 Å². The third-order valence-electron chi connectivity index (χ3n) is 2.32. The molecule has 0 saturated heterocycles. The molecule has 16 heavy (non-hydrogen) atoms. The second kappa shape index (κ2) is 5.36. The van der Waals surface area contributed by atoms with E-state index in [2.05, 4.69) is 0 Å². The molecule has 1 aromatic rings. The van der Waals surface area contributed by atoms with E-state index >= 15 is 0 Å². The molecule has 0 aromatic heterocycles. The van der Waals surface area contributed by atoms with E-state index in [9.17, 15) is 14.3 Å². The van der Waals surface area contributed by atoms with E-state index in [0.29, 0.717) is 30.8 Å². The molecule has 1 aliphatic rings. The van der Waals surface area contributed by atoms with Gasteiger partial charge in [-0.1, -0.05) is 11.6 Å².